The van der Waals surface area contributed by atoms with Gasteiger partial charge in [-0.05, 0) is 12.5 Å². The summed E-state index contributed by atoms with van der Waals surface area (Å²) >= 11 is 0. The van der Waals surface area contributed by atoms with E-state index in [1.165, 1.54) is 5.56 Å². The Bertz CT molecular complexity index is 323. The number of benzene rings is 1. The van der Waals surface area contributed by atoms with Gasteiger partial charge in [-0.3, -0.25) is 4.79 Å². The lowest BCUT2D eigenvalue weighted by Crippen LogP contribution is -2.21. The third-order valence-corrected chi connectivity index (χ3v) is 2.43. The smallest absolute Gasteiger partial charge is 0.304 e. The van der Waals surface area contributed by atoms with Gasteiger partial charge in [0.25, 0.3) is 0 Å². The second kappa shape index (κ2) is 3.82. The van der Waals surface area contributed by atoms with Crippen LogP contribution in [0.25, 0.3) is 0 Å². The van der Waals surface area contributed by atoms with Crippen molar-refractivity contribution in [3.8, 4) is 0 Å². The lowest BCUT2D eigenvalue weighted by atomic mass is 9.81. The number of aryl methyl sites for hydroxylation is 1. The van der Waals surface area contributed by atoms with Crippen LogP contribution in [0.4, 0.5) is 0 Å². The van der Waals surface area contributed by atoms with Crippen molar-refractivity contribution >= 4 is 5.97 Å². The quantitative estimate of drug-likeness (QED) is 0.799. The van der Waals surface area contributed by atoms with Crippen LogP contribution in [0, 0.1) is 6.92 Å². The molecule has 0 saturated heterocycles. The topological polar surface area (TPSA) is 37.3 Å². The highest BCUT2D eigenvalue weighted by Gasteiger charge is 2.23. The standard InChI is InChI=1S/C12H16O2/c1-9-4-6-10(7-5-9)12(2,3)8-11(13)14/h4-7H,8H2,1-3H3,(H,13,14). The van der Waals surface area contributed by atoms with Gasteiger partial charge in [0.1, 0.15) is 0 Å². The monoisotopic (exact) mass is 192 g/mol. The summed E-state index contributed by atoms with van der Waals surface area (Å²) in [5, 5.41) is 8.77. The first kappa shape index (κ1) is 10.8. The molecule has 1 N–H and O–H groups in total. The van der Waals surface area contributed by atoms with Crippen molar-refractivity contribution < 1.29 is 9.90 Å². The fourth-order valence-electron chi connectivity index (χ4n) is 1.48. The van der Waals surface area contributed by atoms with Gasteiger partial charge in [0.2, 0.25) is 0 Å². The molecule has 0 amide bonds. The van der Waals surface area contributed by atoms with Gasteiger partial charge in [0.15, 0.2) is 0 Å². The highest BCUT2D eigenvalue weighted by Crippen LogP contribution is 2.26. The van der Waals surface area contributed by atoms with Crippen LogP contribution in [0.15, 0.2) is 24.3 Å². The van der Waals surface area contributed by atoms with Gasteiger partial charge in [-0.15, -0.1) is 0 Å². The van der Waals surface area contributed by atoms with Crippen LogP contribution in [0.5, 0.6) is 0 Å². The van der Waals surface area contributed by atoms with E-state index >= 15 is 0 Å². The van der Waals surface area contributed by atoms with Crippen molar-refractivity contribution in [2.45, 2.75) is 32.6 Å². The van der Waals surface area contributed by atoms with E-state index in [4.69, 9.17) is 5.11 Å². The molecular weight excluding hydrogens is 176 g/mol. The Morgan fingerprint density at radius 2 is 1.79 bits per heavy atom. The van der Waals surface area contributed by atoms with Crippen LogP contribution < -0.4 is 0 Å². The van der Waals surface area contributed by atoms with Gasteiger partial charge in [-0.25, -0.2) is 0 Å². The van der Waals surface area contributed by atoms with Crippen molar-refractivity contribution in [3.63, 3.8) is 0 Å². The number of carbonyl (C=O) groups is 1. The molecule has 0 aromatic heterocycles. The van der Waals surface area contributed by atoms with Crippen molar-refractivity contribution in [1.82, 2.24) is 0 Å². The summed E-state index contributed by atoms with van der Waals surface area (Å²) in [6, 6.07) is 8.02. The van der Waals surface area contributed by atoms with E-state index in [1.807, 2.05) is 45.0 Å². The first-order chi connectivity index (χ1) is 6.42. The third-order valence-electron chi connectivity index (χ3n) is 2.43. The Hall–Kier alpha value is -1.31. The molecule has 2 nitrogen and oxygen atoms in total. The van der Waals surface area contributed by atoms with Crippen LogP contribution in [-0.4, -0.2) is 11.1 Å². The zero-order valence-corrected chi connectivity index (χ0v) is 8.87. The molecular formula is C12H16O2. The molecule has 0 heterocycles. The fourth-order valence-corrected chi connectivity index (χ4v) is 1.48. The molecule has 0 bridgehead atoms. The van der Waals surface area contributed by atoms with Crippen LogP contribution >= 0.6 is 0 Å². The summed E-state index contributed by atoms with van der Waals surface area (Å²) in [5.41, 5.74) is 1.98. The van der Waals surface area contributed by atoms with E-state index in [9.17, 15) is 4.79 Å². The number of aliphatic carboxylic acids is 1. The largest absolute Gasteiger partial charge is 0.481 e. The SMILES string of the molecule is Cc1ccc(C(C)(C)CC(=O)O)cc1. The van der Waals surface area contributed by atoms with Crippen LogP contribution in [0.3, 0.4) is 0 Å². The predicted molar refractivity (Wildman–Crippen MR) is 56.5 cm³/mol. The lowest BCUT2D eigenvalue weighted by Gasteiger charge is -2.23. The minimum absolute atomic E-state index is 0.163. The Labute approximate surface area is 84.6 Å². The predicted octanol–water partition coefficient (Wildman–Crippen LogP) is 2.75. The summed E-state index contributed by atoms with van der Waals surface area (Å²) in [6.45, 7) is 5.92. The number of carboxylic acid groups (broad SMARTS) is 1. The molecule has 0 aliphatic heterocycles. The second-order valence-corrected chi connectivity index (χ2v) is 4.32. The maximum Gasteiger partial charge on any atom is 0.304 e. The minimum Gasteiger partial charge on any atom is -0.481 e. The van der Waals surface area contributed by atoms with Gasteiger partial charge in [0, 0.05) is 5.41 Å². The first-order valence-electron chi connectivity index (χ1n) is 4.71. The van der Waals surface area contributed by atoms with Crippen molar-refractivity contribution in [1.29, 1.82) is 0 Å². The van der Waals surface area contributed by atoms with Gasteiger partial charge >= 0.3 is 5.97 Å². The van der Waals surface area contributed by atoms with Gasteiger partial charge in [-0.1, -0.05) is 43.7 Å². The normalized spacial score (nSPS) is 11.4. The van der Waals surface area contributed by atoms with Crippen molar-refractivity contribution in [2.24, 2.45) is 0 Å². The first-order valence-corrected chi connectivity index (χ1v) is 4.71. The Balaban J connectivity index is 2.91. The summed E-state index contributed by atoms with van der Waals surface area (Å²) in [4.78, 5) is 10.7. The molecule has 76 valence electrons. The minimum atomic E-state index is -0.754. The number of hydrogen-bond donors (Lipinski definition) is 1. The molecule has 0 fully saturated rings. The summed E-state index contributed by atoms with van der Waals surface area (Å²) in [5.74, 6) is -0.754. The van der Waals surface area contributed by atoms with Gasteiger partial charge in [-0.2, -0.15) is 0 Å². The summed E-state index contributed by atoms with van der Waals surface area (Å²) < 4.78 is 0. The fraction of sp³-hybridized carbons (Fsp3) is 0.417. The lowest BCUT2D eigenvalue weighted by molar-refractivity contribution is -0.138. The molecule has 0 unspecified atom stereocenters. The maximum absolute atomic E-state index is 10.7. The number of carboxylic acids is 1. The molecule has 1 aromatic rings. The summed E-state index contributed by atoms with van der Waals surface area (Å²) in [7, 11) is 0. The Morgan fingerprint density at radius 1 is 1.29 bits per heavy atom. The Morgan fingerprint density at radius 3 is 2.21 bits per heavy atom. The molecule has 1 aromatic carbocycles. The molecule has 0 radical (unpaired) electrons. The molecule has 0 aliphatic carbocycles. The van der Waals surface area contributed by atoms with Crippen LogP contribution in [-0.2, 0) is 10.2 Å². The van der Waals surface area contributed by atoms with Crippen molar-refractivity contribution in [3.05, 3.63) is 35.4 Å². The molecule has 14 heavy (non-hydrogen) atoms. The second-order valence-electron chi connectivity index (χ2n) is 4.32. The number of rotatable bonds is 3. The van der Waals surface area contributed by atoms with Crippen LogP contribution in [0.1, 0.15) is 31.4 Å². The zero-order chi connectivity index (χ0) is 10.8. The van der Waals surface area contributed by atoms with E-state index in [2.05, 4.69) is 0 Å². The Kier molecular flexibility index (Phi) is 2.94. The highest BCUT2D eigenvalue weighted by molar-refractivity contribution is 5.68. The molecule has 0 aliphatic rings. The maximum atomic E-state index is 10.7. The molecule has 0 atom stereocenters. The molecule has 0 spiro atoms. The zero-order valence-electron chi connectivity index (χ0n) is 8.87. The van der Waals surface area contributed by atoms with Gasteiger partial charge < -0.3 is 5.11 Å². The average molecular weight is 192 g/mol. The van der Waals surface area contributed by atoms with E-state index in [1.54, 1.807) is 0 Å². The molecule has 2 heteroatoms. The number of hydrogen-bond acceptors (Lipinski definition) is 1. The third kappa shape index (κ3) is 2.59. The van der Waals surface area contributed by atoms with Crippen molar-refractivity contribution in [2.75, 3.05) is 0 Å². The average Bonchev–Trinajstić information content (AvgIpc) is 2.02. The highest BCUT2D eigenvalue weighted by atomic mass is 16.4. The van der Waals surface area contributed by atoms with E-state index in [-0.39, 0.29) is 11.8 Å². The summed E-state index contributed by atoms with van der Waals surface area (Å²) in [6.07, 6.45) is 0.163. The van der Waals surface area contributed by atoms with Crippen LogP contribution in [0.2, 0.25) is 0 Å². The van der Waals surface area contributed by atoms with E-state index in [0.29, 0.717) is 0 Å². The molecule has 0 saturated carbocycles. The molecule has 1 rings (SSSR count). The van der Waals surface area contributed by atoms with E-state index in [0.717, 1.165) is 5.56 Å². The van der Waals surface area contributed by atoms with Gasteiger partial charge in [0.05, 0.1) is 6.42 Å². The van der Waals surface area contributed by atoms with E-state index < -0.39 is 5.97 Å².